The predicted octanol–water partition coefficient (Wildman–Crippen LogP) is -0.600. The quantitative estimate of drug-likeness (QED) is 0.252. The van der Waals surface area contributed by atoms with E-state index in [9.17, 15) is 23.7 Å². The summed E-state index contributed by atoms with van der Waals surface area (Å²) in [6.45, 7) is -0.787. The Morgan fingerprint density at radius 3 is 2.50 bits per heavy atom. The van der Waals surface area contributed by atoms with Gasteiger partial charge in [0.05, 0.1) is 19.0 Å². The molecule has 0 bridgehead atoms. The number of hydrogen-bond acceptors (Lipinski definition) is 12. The smallest absolute Gasteiger partial charge is 0.390 e. The number of hydrogen-bond donors (Lipinski definition) is 6. The Labute approximate surface area is 166 Å². The van der Waals surface area contributed by atoms with Gasteiger partial charge in [0.1, 0.15) is 24.2 Å². The number of ether oxygens (including phenoxy) is 1. The van der Waals surface area contributed by atoms with Crippen LogP contribution in [0.2, 0.25) is 0 Å². The van der Waals surface area contributed by atoms with Crippen molar-refractivity contribution in [2.24, 2.45) is 0 Å². The second-order valence-electron chi connectivity index (χ2n) is 5.90. The lowest BCUT2D eigenvalue weighted by Crippen LogP contribution is -2.26. The number of aliphatic hydroxyl groups is 1. The van der Waals surface area contributed by atoms with Gasteiger partial charge in [-0.1, -0.05) is 0 Å². The van der Waals surface area contributed by atoms with Gasteiger partial charge in [0, 0.05) is 6.42 Å². The first-order chi connectivity index (χ1) is 13.8. The Bertz CT molecular complexity index is 1070. The molecule has 3 rings (SSSR count). The fourth-order valence-electron chi connectivity index (χ4n) is 2.59. The second kappa shape index (κ2) is 8.31. The molecule has 1 fully saturated rings. The van der Waals surface area contributed by atoms with Crippen molar-refractivity contribution in [1.82, 2.24) is 19.5 Å². The minimum absolute atomic E-state index is 0.000206. The summed E-state index contributed by atoms with van der Waals surface area (Å²) in [7, 11) is -16.5. The van der Waals surface area contributed by atoms with Crippen LogP contribution in [0.25, 0.3) is 11.2 Å². The molecule has 0 aliphatic carbocycles. The molecule has 0 spiro atoms. The highest BCUT2D eigenvalue weighted by atomic mass is 31.3. The van der Waals surface area contributed by atoms with E-state index in [1.807, 2.05) is 0 Å². The summed E-state index contributed by atoms with van der Waals surface area (Å²) in [6, 6.07) is 0. The monoisotopic (exact) mass is 491 g/mol. The zero-order valence-electron chi connectivity index (χ0n) is 14.6. The first-order valence-corrected chi connectivity index (χ1v) is 12.3. The number of aliphatic hydroxyl groups excluding tert-OH is 1. The summed E-state index contributed by atoms with van der Waals surface area (Å²) in [4.78, 5) is 47.4. The van der Waals surface area contributed by atoms with Crippen LogP contribution in [0.3, 0.4) is 0 Å². The van der Waals surface area contributed by atoms with E-state index in [0.29, 0.717) is 11.2 Å². The Hall–Kier alpha value is -1.32. The molecule has 1 saturated heterocycles. The third kappa shape index (κ3) is 5.68. The molecule has 2 unspecified atom stereocenters. The fourth-order valence-corrected chi connectivity index (χ4v) is 5.62. The van der Waals surface area contributed by atoms with Crippen molar-refractivity contribution in [3.8, 4) is 0 Å². The molecule has 7 N–H and O–H groups in total. The number of imidazole rings is 1. The number of nitrogens with zero attached hydrogens (tertiary/aromatic N) is 4. The minimum Gasteiger partial charge on any atom is -0.390 e. The first kappa shape index (κ1) is 23.3. The van der Waals surface area contributed by atoms with Crippen molar-refractivity contribution in [1.29, 1.82) is 0 Å². The van der Waals surface area contributed by atoms with Crippen molar-refractivity contribution in [2.45, 2.75) is 24.9 Å². The lowest BCUT2D eigenvalue weighted by Gasteiger charge is -2.19. The molecular weight excluding hydrogens is 475 g/mol. The van der Waals surface area contributed by atoms with E-state index in [1.165, 1.54) is 17.2 Å². The van der Waals surface area contributed by atoms with Crippen LogP contribution in [-0.2, 0) is 31.6 Å². The molecule has 30 heavy (non-hydrogen) atoms. The zero-order valence-corrected chi connectivity index (χ0v) is 17.3. The maximum absolute atomic E-state index is 11.8. The standard InChI is InChI=1S/C10H16N5O12P3/c11-9-8-10(13-3-12-9)15(4-14-8)7-1-5(16)6(25-7)2-24-29(20,21)27-30(22,23)26-28(17,18)19/h3-7,16H,1-2H2,(H,20,21)(H,22,23)(H2,11,12,13)(H2,17,18,19)/t5-,6-,7+/m1/s1. The van der Waals surface area contributed by atoms with E-state index in [2.05, 4.69) is 28.1 Å². The number of aromatic nitrogens is 4. The largest absolute Gasteiger partial charge is 0.490 e. The summed E-state index contributed by atoms with van der Waals surface area (Å²) < 4.78 is 52.3. The van der Waals surface area contributed by atoms with Crippen LogP contribution < -0.4 is 5.73 Å². The summed E-state index contributed by atoms with van der Waals surface area (Å²) in [6.07, 6.45) is -0.643. The van der Waals surface area contributed by atoms with Crippen LogP contribution in [0.15, 0.2) is 12.7 Å². The molecule has 5 atom stereocenters. The highest BCUT2D eigenvalue weighted by Gasteiger charge is 2.43. The molecule has 3 heterocycles. The lowest BCUT2D eigenvalue weighted by atomic mass is 10.2. The summed E-state index contributed by atoms with van der Waals surface area (Å²) in [5.74, 6) is 0.126. The van der Waals surface area contributed by atoms with E-state index in [-0.39, 0.29) is 12.2 Å². The van der Waals surface area contributed by atoms with E-state index in [4.69, 9.17) is 25.2 Å². The molecule has 2 aromatic heterocycles. The average Bonchev–Trinajstić information content (AvgIpc) is 3.14. The Kier molecular flexibility index (Phi) is 6.47. The van der Waals surface area contributed by atoms with Crippen molar-refractivity contribution in [3.05, 3.63) is 12.7 Å². The van der Waals surface area contributed by atoms with Gasteiger partial charge in [0.2, 0.25) is 0 Å². The maximum Gasteiger partial charge on any atom is 0.490 e. The molecule has 1 aliphatic rings. The van der Waals surface area contributed by atoms with E-state index >= 15 is 0 Å². The van der Waals surface area contributed by atoms with Crippen molar-refractivity contribution >= 4 is 40.4 Å². The molecule has 2 aromatic rings. The Morgan fingerprint density at radius 2 is 1.83 bits per heavy atom. The van der Waals surface area contributed by atoms with Gasteiger partial charge in [-0.3, -0.25) is 9.09 Å². The molecule has 168 valence electrons. The van der Waals surface area contributed by atoms with Gasteiger partial charge >= 0.3 is 23.5 Å². The minimum atomic E-state index is -5.64. The third-order valence-corrected chi connectivity index (χ3v) is 7.52. The normalized spacial score (nSPS) is 26.5. The van der Waals surface area contributed by atoms with E-state index in [0.717, 1.165) is 0 Å². The molecule has 17 nitrogen and oxygen atoms in total. The Balaban J connectivity index is 1.64. The molecule has 0 aromatic carbocycles. The van der Waals surface area contributed by atoms with E-state index < -0.39 is 48.5 Å². The Morgan fingerprint density at radius 1 is 1.13 bits per heavy atom. The SMILES string of the molecule is Nc1ncnc2c1ncn2[C@@H]1C[C@@H](O)[C@@H](COP(=O)(O)OP(=O)(O)OP(=O)(O)O)O1. The number of phosphoric acid groups is 3. The maximum atomic E-state index is 11.8. The molecule has 0 amide bonds. The molecule has 20 heteroatoms. The topological polar surface area (TPSA) is 259 Å². The highest BCUT2D eigenvalue weighted by molar-refractivity contribution is 7.66. The molecule has 1 aliphatic heterocycles. The van der Waals surface area contributed by atoms with Crippen LogP contribution in [-0.4, -0.2) is 63.0 Å². The van der Waals surface area contributed by atoms with Crippen LogP contribution in [0.5, 0.6) is 0 Å². The van der Waals surface area contributed by atoms with Gasteiger partial charge < -0.3 is 35.2 Å². The second-order valence-corrected chi connectivity index (χ2v) is 10.3. The van der Waals surface area contributed by atoms with Gasteiger partial charge in [-0.2, -0.15) is 8.62 Å². The average molecular weight is 491 g/mol. The third-order valence-electron chi connectivity index (χ3n) is 3.72. The number of phosphoric ester groups is 1. The van der Waals surface area contributed by atoms with Gasteiger partial charge in [0.15, 0.2) is 11.5 Å². The van der Waals surface area contributed by atoms with Gasteiger partial charge in [-0.05, 0) is 0 Å². The number of fused-ring (bicyclic) bond motifs is 1. The van der Waals surface area contributed by atoms with Gasteiger partial charge in [0.25, 0.3) is 0 Å². The molecule has 0 radical (unpaired) electrons. The van der Waals surface area contributed by atoms with Crippen LogP contribution in [0, 0.1) is 0 Å². The fraction of sp³-hybridized carbons (Fsp3) is 0.500. The number of nitrogen functional groups attached to an aromatic ring is 1. The summed E-state index contributed by atoms with van der Waals surface area (Å²) in [5, 5.41) is 10.1. The van der Waals surface area contributed by atoms with Crippen molar-refractivity contribution in [3.63, 3.8) is 0 Å². The van der Waals surface area contributed by atoms with Crippen LogP contribution >= 0.6 is 23.5 Å². The number of anilines is 1. The summed E-state index contributed by atoms with van der Waals surface area (Å²) >= 11 is 0. The molecule has 0 saturated carbocycles. The van der Waals surface area contributed by atoms with Gasteiger partial charge in [-0.15, -0.1) is 0 Å². The van der Waals surface area contributed by atoms with Crippen LogP contribution in [0.1, 0.15) is 12.6 Å². The van der Waals surface area contributed by atoms with E-state index in [1.54, 1.807) is 0 Å². The van der Waals surface area contributed by atoms with Crippen molar-refractivity contribution in [2.75, 3.05) is 12.3 Å². The zero-order chi connectivity index (χ0) is 22.3. The first-order valence-electron chi connectivity index (χ1n) is 7.81. The number of nitrogens with two attached hydrogens (primary N) is 1. The highest BCUT2D eigenvalue weighted by Crippen LogP contribution is 2.66. The van der Waals surface area contributed by atoms with Crippen molar-refractivity contribution < 1.29 is 56.3 Å². The lowest BCUT2D eigenvalue weighted by molar-refractivity contribution is -0.0423. The summed E-state index contributed by atoms with van der Waals surface area (Å²) in [5.41, 5.74) is 6.31. The predicted molar refractivity (Wildman–Crippen MR) is 94.1 cm³/mol. The van der Waals surface area contributed by atoms with Crippen LogP contribution in [0.4, 0.5) is 5.82 Å². The van der Waals surface area contributed by atoms with Gasteiger partial charge in [-0.25, -0.2) is 28.6 Å². The number of rotatable bonds is 8. The molecular formula is C10H16N5O12P3.